The minimum absolute atomic E-state index is 0.787. The molecule has 1 heterocycles. The predicted molar refractivity (Wildman–Crippen MR) is 86.3 cm³/mol. The second-order valence-corrected chi connectivity index (χ2v) is 5.31. The van der Waals surface area contributed by atoms with Crippen molar-refractivity contribution in [3.8, 4) is 22.8 Å². The van der Waals surface area contributed by atoms with Crippen molar-refractivity contribution >= 4 is 10.9 Å². The van der Waals surface area contributed by atoms with E-state index in [1.165, 1.54) is 16.5 Å². The Balaban J connectivity index is 2.15. The van der Waals surface area contributed by atoms with Crippen LogP contribution in [-0.2, 0) is 0 Å². The molecule has 0 saturated heterocycles. The van der Waals surface area contributed by atoms with E-state index in [1.54, 1.807) is 14.2 Å². The Bertz CT molecular complexity index is 741. The van der Waals surface area contributed by atoms with Crippen LogP contribution in [0.4, 0.5) is 0 Å². The number of hydrogen-bond acceptors (Lipinski definition) is 2. The lowest BCUT2D eigenvalue weighted by Gasteiger charge is -2.07. The van der Waals surface area contributed by atoms with Gasteiger partial charge in [-0.15, -0.1) is 0 Å². The third-order valence-corrected chi connectivity index (χ3v) is 3.90. The maximum atomic E-state index is 5.34. The number of fused-ring (bicyclic) bond motifs is 1. The first-order valence-electron chi connectivity index (χ1n) is 6.94. The van der Waals surface area contributed by atoms with E-state index < -0.39 is 0 Å². The molecule has 3 nitrogen and oxygen atoms in total. The molecule has 0 atom stereocenters. The van der Waals surface area contributed by atoms with Crippen molar-refractivity contribution in [1.29, 1.82) is 0 Å². The van der Waals surface area contributed by atoms with E-state index in [0.29, 0.717) is 0 Å². The lowest BCUT2D eigenvalue weighted by atomic mass is 10.1. The van der Waals surface area contributed by atoms with Gasteiger partial charge in [0.05, 0.1) is 14.2 Å². The van der Waals surface area contributed by atoms with Crippen LogP contribution in [0, 0.1) is 13.8 Å². The Kier molecular flexibility index (Phi) is 3.34. The fraction of sp³-hybridized carbons (Fsp3) is 0.222. The average molecular weight is 281 g/mol. The molecule has 0 fully saturated rings. The van der Waals surface area contributed by atoms with E-state index in [2.05, 4.69) is 37.0 Å². The zero-order valence-corrected chi connectivity index (χ0v) is 12.8. The molecule has 0 amide bonds. The van der Waals surface area contributed by atoms with Crippen molar-refractivity contribution in [2.45, 2.75) is 13.8 Å². The smallest absolute Gasteiger partial charge is 0.123 e. The zero-order valence-electron chi connectivity index (χ0n) is 12.8. The summed E-state index contributed by atoms with van der Waals surface area (Å²) >= 11 is 0. The molecule has 0 aliphatic rings. The van der Waals surface area contributed by atoms with Gasteiger partial charge in [0.25, 0.3) is 0 Å². The molecule has 0 aliphatic carbocycles. The highest BCUT2D eigenvalue weighted by Crippen LogP contribution is 2.31. The highest BCUT2D eigenvalue weighted by atomic mass is 16.5. The molecule has 3 heteroatoms. The van der Waals surface area contributed by atoms with Gasteiger partial charge >= 0.3 is 0 Å². The monoisotopic (exact) mass is 281 g/mol. The van der Waals surface area contributed by atoms with Crippen molar-refractivity contribution in [3.63, 3.8) is 0 Å². The van der Waals surface area contributed by atoms with E-state index in [-0.39, 0.29) is 0 Å². The maximum Gasteiger partial charge on any atom is 0.123 e. The molecule has 0 bridgehead atoms. The zero-order chi connectivity index (χ0) is 15.0. The molecule has 3 aromatic rings. The Hall–Kier alpha value is -2.42. The Labute approximate surface area is 124 Å². The number of rotatable bonds is 3. The number of nitrogens with one attached hydrogen (secondary N) is 1. The molecule has 21 heavy (non-hydrogen) atoms. The van der Waals surface area contributed by atoms with Crippen molar-refractivity contribution in [1.82, 2.24) is 4.98 Å². The molecule has 0 aliphatic heterocycles. The van der Waals surface area contributed by atoms with E-state index in [4.69, 9.17) is 9.47 Å². The molecule has 0 unspecified atom stereocenters. The van der Waals surface area contributed by atoms with Crippen molar-refractivity contribution in [2.24, 2.45) is 0 Å². The molecule has 3 rings (SSSR count). The lowest BCUT2D eigenvalue weighted by molar-refractivity contribution is 0.394. The van der Waals surface area contributed by atoms with E-state index in [9.17, 15) is 0 Å². The summed E-state index contributed by atoms with van der Waals surface area (Å²) in [4.78, 5) is 3.47. The largest absolute Gasteiger partial charge is 0.497 e. The number of benzene rings is 2. The molecular formula is C18H19NO2. The van der Waals surface area contributed by atoms with Gasteiger partial charge in [0.15, 0.2) is 0 Å². The van der Waals surface area contributed by atoms with Gasteiger partial charge in [-0.3, -0.25) is 0 Å². The summed E-state index contributed by atoms with van der Waals surface area (Å²) in [5, 5.41) is 1.22. The summed E-state index contributed by atoms with van der Waals surface area (Å²) in [6.45, 7) is 4.26. The van der Waals surface area contributed by atoms with E-state index in [0.717, 1.165) is 28.3 Å². The Morgan fingerprint density at radius 1 is 0.762 bits per heavy atom. The Morgan fingerprint density at radius 2 is 1.38 bits per heavy atom. The topological polar surface area (TPSA) is 34.2 Å². The van der Waals surface area contributed by atoms with Crippen LogP contribution in [0.3, 0.4) is 0 Å². The van der Waals surface area contributed by atoms with Gasteiger partial charge in [0.2, 0.25) is 0 Å². The minimum Gasteiger partial charge on any atom is -0.497 e. The van der Waals surface area contributed by atoms with Gasteiger partial charge in [-0.05, 0) is 55.3 Å². The molecule has 0 spiro atoms. The SMILES string of the molecule is COc1cc(OC)cc(-c2cc3cc(C)c(C)cc3[nH]2)c1. The fourth-order valence-electron chi connectivity index (χ4n) is 2.52. The normalized spacial score (nSPS) is 10.9. The molecule has 1 N–H and O–H groups in total. The van der Waals surface area contributed by atoms with Crippen molar-refractivity contribution in [3.05, 3.63) is 47.5 Å². The number of aromatic amines is 1. The van der Waals surface area contributed by atoms with Crippen LogP contribution < -0.4 is 9.47 Å². The average Bonchev–Trinajstić information content (AvgIpc) is 2.90. The third-order valence-electron chi connectivity index (χ3n) is 3.90. The number of aromatic nitrogens is 1. The van der Waals surface area contributed by atoms with Crippen LogP contribution in [0.1, 0.15) is 11.1 Å². The highest BCUT2D eigenvalue weighted by Gasteiger charge is 2.08. The summed E-state index contributed by atoms with van der Waals surface area (Å²) in [6, 6.07) is 12.4. The summed E-state index contributed by atoms with van der Waals surface area (Å²) in [5.41, 5.74) is 5.86. The first kappa shape index (κ1) is 13.6. The molecule has 108 valence electrons. The van der Waals surface area contributed by atoms with Gasteiger partial charge in [-0.25, -0.2) is 0 Å². The predicted octanol–water partition coefficient (Wildman–Crippen LogP) is 4.47. The molecule has 0 radical (unpaired) electrons. The quantitative estimate of drug-likeness (QED) is 0.768. The lowest BCUT2D eigenvalue weighted by Crippen LogP contribution is -1.88. The third kappa shape index (κ3) is 2.47. The van der Waals surface area contributed by atoms with Crippen LogP contribution >= 0.6 is 0 Å². The first-order valence-corrected chi connectivity index (χ1v) is 6.94. The number of methoxy groups -OCH3 is 2. The van der Waals surface area contributed by atoms with Gasteiger partial charge in [0.1, 0.15) is 11.5 Å². The summed E-state index contributed by atoms with van der Waals surface area (Å²) < 4.78 is 10.7. The maximum absolute atomic E-state index is 5.34. The number of ether oxygens (including phenoxy) is 2. The minimum atomic E-state index is 0.787. The van der Waals surface area contributed by atoms with Gasteiger partial charge in [-0.2, -0.15) is 0 Å². The van der Waals surface area contributed by atoms with Crippen LogP contribution in [0.5, 0.6) is 11.5 Å². The first-order chi connectivity index (χ1) is 10.1. The standard InChI is InChI=1S/C18H19NO2/c1-11-5-13-9-18(19-17(13)6-12(11)2)14-7-15(20-3)10-16(8-14)21-4/h5-10,19H,1-4H3. The molecule has 0 saturated carbocycles. The van der Waals surface area contributed by atoms with Crippen LogP contribution in [0.15, 0.2) is 36.4 Å². The van der Waals surface area contributed by atoms with Crippen LogP contribution in [0.2, 0.25) is 0 Å². The van der Waals surface area contributed by atoms with Crippen LogP contribution in [0.25, 0.3) is 22.2 Å². The van der Waals surface area contributed by atoms with Gasteiger partial charge < -0.3 is 14.5 Å². The van der Waals surface area contributed by atoms with Crippen molar-refractivity contribution < 1.29 is 9.47 Å². The van der Waals surface area contributed by atoms with E-state index >= 15 is 0 Å². The summed E-state index contributed by atoms with van der Waals surface area (Å²) in [5.74, 6) is 1.57. The fourth-order valence-corrected chi connectivity index (χ4v) is 2.52. The second-order valence-electron chi connectivity index (χ2n) is 5.31. The summed E-state index contributed by atoms with van der Waals surface area (Å²) in [7, 11) is 3.33. The number of H-pyrrole nitrogens is 1. The second kappa shape index (κ2) is 5.17. The van der Waals surface area contributed by atoms with Crippen LogP contribution in [-0.4, -0.2) is 19.2 Å². The molecule has 2 aromatic carbocycles. The van der Waals surface area contributed by atoms with Crippen molar-refractivity contribution in [2.75, 3.05) is 14.2 Å². The summed E-state index contributed by atoms with van der Waals surface area (Å²) in [6.07, 6.45) is 0. The Morgan fingerprint density at radius 3 is 2.00 bits per heavy atom. The number of aryl methyl sites for hydroxylation is 2. The highest BCUT2D eigenvalue weighted by molar-refractivity contribution is 5.87. The number of hydrogen-bond donors (Lipinski definition) is 1. The molecular weight excluding hydrogens is 262 g/mol. The molecule has 1 aromatic heterocycles. The van der Waals surface area contributed by atoms with E-state index in [1.807, 2.05) is 18.2 Å². The van der Waals surface area contributed by atoms with Gasteiger partial charge in [-0.1, -0.05) is 0 Å². The van der Waals surface area contributed by atoms with Gasteiger partial charge in [0, 0.05) is 28.2 Å².